The van der Waals surface area contributed by atoms with Gasteiger partial charge >= 0.3 is 0 Å². The number of sulfonamides is 1. The average Bonchev–Trinajstić information content (AvgIpc) is 2.37. The predicted octanol–water partition coefficient (Wildman–Crippen LogP) is 2.23. The highest BCUT2D eigenvalue weighted by atomic mass is 32.2. The predicted molar refractivity (Wildman–Crippen MR) is 79.1 cm³/mol. The molecule has 1 saturated heterocycles. The van der Waals surface area contributed by atoms with Gasteiger partial charge in [-0.2, -0.15) is 4.31 Å². The fourth-order valence-corrected chi connectivity index (χ4v) is 4.39. The first-order valence-corrected chi connectivity index (χ1v) is 8.24. The molecule has 0 saturated carbocycles. The lowest BCUT2D eigenvalue weighted by molar-refractivity contribution is 0.187. The Morgan fingerprint density at radius 1 is 1.38 bits per heavy atom. The number of hydrogen-bond donors (Lipinski definition) is 1. The van der Waals surface area contributed by atoms with Crippen LogP contribution in [-0.4, -0.2) is 32.9 Å². The maximum Gasteiger partial charge on any atom is 0.243 e. The summed E-state index contributed by atoms with van der Waals surface area (Å²) in [6.07, 6.45) is 1.76. The second-order valence-corrected chi connectivity index (χ2v) is 8.07. The van der Waals surface area contributed by atoms with E-state index in [0.29, 0.717) is 13.1 Å². The minimum atomic E-state index is -3.75. The molecule has 0 aromatic heterocycles. The first kappa shape index (κ1) is 16.0. The van der Waals surface area contributed by atoms with Crippen molar-refractivity contribution in [2.24, 2.45) is 5.41 Å². The largest absolute Gasteiger partial charge is 0.492 e. The Morgan fingerprint density at radius 2 is 2.05 bits per heavy atom. The molecular formula is C14H21FN2O3S. The van der Waals surface area contributed by atoms with Gasteiger partial charge in [0.25, 0.3) is 0 Å². The van der Waals surface area contributed by atoms with Crippen LogP contribution in [0.2, 0.25) is 0 Å². The quantitative estimate of drug-likeness (QED) is 0.868. The van der Waals surface area contributed by atoms with Gasteiger partial charge in [0, 0.05) is 13.1 Å². The Balaban J connectivity index is 2.40. The molecule has 0 spiro atoms. The standard InChI is InChI=1S/C14H21FN2O3S/c1-14(2)5-4-6-17(9-14)21(18,19)10-7-11(15)13(20-3)12(16)8-10/h7-8H,4-6,9,16H2,1-3H3. The summed E-state index contributed by atoms with van der Waals surface area (Å²) in [7, 11) is -2.46. The molecule has 7 heteroatoms. The van der Waals surface area contributed by atoms with Crippen LogP contribution in [0, 0.1) is 11.2 Å². The molecule has 1 heterocycles. The summed E-state index contributed by atoms with van der Waals surface area (Å²) >= 11 is 0. The third kappa shape index (κ3) is 3.13. The van der Waals surface area contributed by atoms with Crippen LogP contribution in [0.4, 0.5) is 10.1 Å². The zero-order valence-electron chi connectivity index (χ0n) is 12.5. The number of nitrogen functional groups attached to an aromatic ring is 1. The van der Waals surface area contributed by atoms with Gasteiger partial charge in [-0.05, 0) is 30.4 Å². The zero-order valence-corrected chi connectivity index (χ0v) is 13.3. The van der Waals surface area contributed by atoms with Crippen molar-refractivity contribution in [3.8, 4) is 5.75 Å². The van der Waals surface area contributed by atoms with Crippen molar-refractivity contribution >= 4 is 15.7 Å². The Labute approximate surface area is 124 Å². The minimum absolute atomic E-state index is 0.0210. The van der Waals surface area contributed by atoms with Crippen LogP contribution in [0.1, 0.15) is 26.7 Å². The minimum Gasteiger partial charge on any atom is -0.492 e. The third-order valence-electron chi connectivity index (χ3n) is 3.75. The van der Waals surface area contributed by atoms with E-state index < -0.39 is 15.8 Å². The molecule has 1 aliphatic rings. The van der Waals surface area contributed by atoms with Gasteiger partial charge in [0.05, 0.1) is 17.7 Å². The summed E-state index contributed by atoms with van der Waals surface area (Å²) in [6.45, 7) is 4.91. The number of nitrogens with two attached hydrogens (primary N) is 1. The number of ether oxygens (including phenoxy) is 1. The van der Waals surface area contributed by atoms with Crippen molar-refractivity contribution in [2.75, 3.05) is 25.9 Å². The van der Waals surface area contributed by atoms with Gasteiger partial charge in [-0.3, -0.25) is 0 Å². The van der Waals surface area contributed by atoms with E-state index in [1.165, 1.54) is 17.5 Å². The van der Waals surface area contributed by atoms with Crippen molar-refractivity contribution in [3.05, 3.63) is 17.9 Å². The van der Waals surface area contributed by atoms with E-state index in [0.717, 1.165) is 18.9 Å². The van der Waals surface area contributed by atoms with Crippen LogP contribution in [0.3, 0.4) is 0 Å². The number of hydrogen-bond acceptors (Lipinski definition) is 4. The lowest BCUT2D eigenvalue weighted by Gasteiger charge is -2.37. The number of benzene rings is 1. The van der Waals surface area contributed by atoms with Crippen LogP contribution >= 0.6 is 0 Å². The molecule has 118 valence electrons. The van der Waals surface area contributed by atoms with Crippen LogP contribution < -0.4 is 10.5 Å². The topological polar surface area (TPSA) is 72.6 Å². The number of piperidine rings is 1. The van der Waals surface area contributed by atoms with Crippen molar-refractivity contribution in [2.45, 2.75) is 31.6 Å². The second-order valence-electron chi connectivity index (χ2n) is 6.13. The summed E-state index contributed by atoms with van der Waals surface area (Å²) in [5, 5.41) is 0. The van der Waals surface area contributed by atoms with E-state index in [9.17, 15) is 12.8 Å². The molecule has 1 fully saturated rings. The van der Waals surface area contributed by atoms with Crippen LogP contribution in [0.15, 0.2) is 17.0 Å². The van der Waals surface area contributed by atoms with Crippen molar-refractivity contribution in [1.29, 1.82) is 0 Å². The fraction of sp³-hybridized carbons (Fsp3) is 0.571. The fourth-order valence-electron chi connectivity index (χ4n) is 2.68. The molecule has 1 aliphatic heterocycles. The molecule has 5 nitrogen and oxygen atoms in total. The molecule has 1 aromatic rings. The van der Waals surface area contributed by atoms with Crippen LogP contribution in [0.5, 0.6) is 5.75 Å². The van der Waals surface area contributed by atoms with Gasteiger partial charge in [0.15, 0.2) is 11.6 Å². The van der Waals surface area contributed by atoms with Gasteiger partial charge in [-0.25, -0.2) is 12.8 Å². The van der Waals surface area contributed by atoms with Gasteiger partial charge in [0.2, 0.25) is 10.0 Å². The average molecular weight is 316 g/mol. The van der Waals surface area contributed by atoms with Crippen LogP contribution in [0.25, 0.3) is 0 Å². The lowest BCUT2D eigenvalue weighted by atomic mass is 9.85. The Morgan fingerprint density at radius 3 is 2.57 bits per heavy atom. The first-order valence-electron chi connectivity index (χ1n) is 6.80. The molecule has 0 radical (unpaired) electrons. The molecule has 1 aromatic carbocycles. The number of methoxy groups -OCH3 is 1. The summed E-state index contributed by atoms with van der Waals surface area (Å²) < 4.78 is 45.4. The normalized spacial score (nSPS) is 19.4. The Kier molecular flexibility index (Phi) is 4.17. The molecule has 0 aliphatic carbocycles. The summed E-state index contributed by atoms with van der Waals surface area (Å²) in [5.74, 6) is -0.903. The molecule has 0 atom stereocenters. The van der Waals surface area contributed by atoms with E-state index in [1.54, 1.807) is 0 Å². The number of anilines is 1. The highest BCUT2D eigenvalue weighted by Gasteiger charge is 2.34. The van der Waals surface area contributed by atoms with E-state index in [1.807, 2.05) is 13.8 Å². The van der Waals surface area contributed by atoms with Gasteiger partial charge in [-0.1, -0.05) is 13.8 Å². The molecule has 21 heavy (non-hydrogen) atoms. The highest BCUT2D eigenvalue weighted by molar-refractivity contribution is 7.89. The molecule has 0 unspecified atom stereocenters. The Hall–Kier alpha value is -1.34. The molecule has 2 N–H and O–H groups in total. The summed E-state index contributed by atoms with van der Waals surface area (Å²) in [5.41, 5.74) is 5.56. The summed E-state index contributed by atoms with van der Waals surface area (Å²) in [4.78, 5) is -0.129. The number of rotatable bonds is 3. The van der Waals surface area contributed by atoms with E-state index >= 15 is 0 Å². The number of nitrogens with zero attached hydrogens (tertiary/aromatic N) is 1. The first-order chi connectivity index (χ1) is 9.67. The molecule has 0 bridgehead atoms. The van der Waals surface area contributed by atoms with Crippen LogP contribution in [-0.2, 0) is 10.0 Å². The van der Waals surface area contributed by atoms with E-state index in [2.05, 4.69) is 0 Å². The van der Waals surface area contributed by atoms with E-state index in [4.69, 9.17) is 10.5 Å². The van der Waals surface area contributed by atoms with Crippen molar-refractivity contribution < 1.29 is 17.5 Å². The van der Waals surface area contributed by atoms with Gasteiger partial charge in [0.1, 0.15) is 0 Å². The molecular weight excluding hydrogens is 295 g/mol. The highest BCUT2D eigenvalue weighted by Crippen LogP contribution is 2.34. The SMILES string of the molecule is COc1c(N)cc(S(=O)(=O)N2CCCC(C)(C)C2)cc1F. The smallest absolute Gasteiger partial charge is 0.243 e. The molecule has 2 rings (SSSR count). The Bertz CT molecular complexity index is 621. The maximum absolute atomic E-state index is 13.9. The lowest BCUT2D eigenvalue weighted by Crippen LogP contribution is -2.43. The zero-order chi connectivity index (χ0) is 15.8. The van der Waals surface area contributed by atoms with Gasteiger partial charge in [-0.15, -0.1) is 0 Å². The summed E-state index contributed by atoms with van der Waals surface area (Å²) in [6, 6.07) is 2.21. The molecule has 0 amide bonds. The van der Waals surface area contributed by atoms with Gasteiger partial charge < -0.3 is 10.5 Å². The van der Waals surface area contributed by atoms with E-state index in [-0.39, 0.29) is 21.7 Å². The van der Waals surface area contributed by atoms with Crippen molar-refractivity contribution in [1.82, 2.24) is 4.31 Å². The van der Waals surface area contributed by atoms with Crippen molar-refractivity contribution in [3.63, 3.8) is 0 Å². The monoisotopic (exact) mass is 316 g/mol. The maximum atomic E-state index is 13.9. The number of halogens is 1. The second kappa shape index (κ2) is 5.46. The third-order valence-corrected chi connectivity index (χ3v) is 5.58.